The van der Waals surface area contributed by atoms with Crippen LogP contribution in [0.25, 0.3) is 0 Å². The number of hydroxylamine groups is 1. The maximum atomic E-state index is 8.95. The molecule has 0 saturated heterocycles. The van der Waals surface area contributed by atoms with Crippen molar-refractivity contribution in [2.75, 3.05) is 0 Å². The maximum absolute atomic E-state index is 8.95. The predicted octanol–water partition coefficient (Wildman–Crippen LogP) is 2.43. The average Bonchev–Trinajstić information content (AvgIpc) is 1.86. The second-order valence-corrected chi connectivity index (χ2v) is 4.28. The predicted molar refractivity (Wildman–Crippen MR) is 47.6 cm³/mol. The lowest BCUT2D eigenvalue weighted by atomic mass is 9.82. The quantitative estimate of drug-likeness (QED) is 0.617. The SMILES string of the molecule is CC(C)CC(C)(NO)C(C)C. The first-order valence-corrected chi connectivity index (χ1v) is 4.33. The molecular formula is C9H21NO. The second kappa shape index (κ2) is 4.07. The largest absolute Gasteiger partial charge is 0.316 e. The van der Waals surface area contributed by atoms with Gasteiger partial charge in [0.05, 0.1) is 0 Å². The van der Waals surface area contributed by atoms with Crippen molar-refractivity contribution in [1.82, 2.24) is 5.48 Å². The fraction of sp³-hybridized carbons (Fsp3) is 1.00. The third kappa shape index (κ3) is 3.21. The van der Waals surface area contributed by atoms with Crippen LogP contribution >= 0.6 is 0 Å². The van der Waals surface area contributed by atoms with E-state index in [1.807, 2.05) is 0 Å². The minimum Gasteiger partial charge on any atom is -0.316 e. The van der Waals surface area contributed by atoms with Crippen LogP contribution in [0.1, 0.15) is 41.0 Å². The number of rotatable bonds is 4. The standard InChI is InChI=1S/C9H21NO/c1-7(2)6-9(5,10-11)8(3)4/h7-8,10-11H,6H2,1-5H3. The molecule has 0 fully saturated rings. The highest BCUT2D eigenvalue weighted by Crippen LogP contribution is 2.23. The molecule has 2 heteroatoms. The Morgan fingerprint density at radius 2 is 1.73 bits per heavy atom. The second-order valence-electron chi connectivity index (χ2n) is 4.28. The van der Waals surface area contributed by atoms with Gasteiger partial charge in [0.25, 0.3) is 0 Å². The van der Waals surface area contributed by atoms with Crippen molar-refractivity contribution >= 4 is 0 Å². The molecule has 0 aromatic rings. The Balaban J connectivity index is 4.10. The summed E-state index contributed by atoms with van der Waals surface area (Å²) in [5.74, 6) is 1.07. The normalized spacial score (nSPS) is 17.5. The monoisotopic (exact) mass is 159 g/mol. The van der Waals surface area contributed by atoms with Gasteiger partial charge in [-0.25, -0.2) is 0 Å². The fourth-order valence-electron chi connectivity index (χ4n) is 1.26. The Kier molecular flexibility index (Phi) is 4.04. The summed E-state index contributed by atoms with van der Waals surface area (Å²) in [6.07, 6.45) is 1.00. The lowest BCUT2D eigenvalue weighted by Gasteiger charge is -2.33. The van der Waals surface area contributed by atoms with Gasteiger partial charge in [0.2, 0.25) is 0 Å². The lowest BCUT2D eigenvalue weighted by Crippen LogP contribution is -2.46. The van der Waals surface area contributed by atoms with Crippen molar-refractivity contribution in [2.24, 2.45) is 11.8 Å². The van der Waals surface area contributed by atoms with Gasteiger partial charge < -0.3 is 5.21 Å². The van der Waals surface area contributed by atoms with Crippen molar-refractivity contribution in [2.45, 2.75) is 46.6 Å². The molecule has 68 valence electrons. The van der Waals surface area contributed by atoms with Crippen molar-refractivity contribution in [1.29, 1.82) is 0 Å². The Bertz CT molecular complexity index is 112. The molecule has 0 saturated carbocycles. The Hall–Kier alpha value is -0.0800. The van der Waals surface area contributed by atoms with Gasteiger partial charge in [-0.1, -0.05) is 27.7 Å². The molecule has 0 radical (unpaired) electrons. The van der Waals surface area contributed by atoms with Gasteiger partial charge in [0.15, 0.2) is 0 Å². The smallest absolute Gasteiger partial charge is 0.0427 e. The molecule has 0 spiro atoms. The molecule has 11 heavy (non-hydrogen) atoms. The Labute approximate surface area is 70.0 Å². The first-order chi connectivity index (χ1) is 4.92. The highest BCUT2D eigenvalue weighted by Gasteiger charge is 2.27. The highest BCUT2D eigenvalue weighted by atomic mass is 16.5. The summed E-state index contributed by atoms with van der Waals surface area (Å²) < 4.78 is 0. The molecule has 1 atom stereocenters. The zero-order valence-electron chi connectivity index (χ0n) is 8.31. The van der Waals surface area contributed by atoms with E-state index in [1.165, 1.54) is 0 Å². The van der Waals surface area contributed by atoms with E-state index in [2.05, 4.69) is 40.1 Å². The van der Waals surface area contributed by atoms with Gasteiger partial charge in [-0.3, -0.25) is 0 Å². The summed E-state index contributed by atoms with van der Waals surface area (Å²) in [5.41, 5.74) is 2.28. The van der Waals surface area contributed by atoms with Crippen LogP contribution in [0.15, 0.2) is 0 Å². The zero-order valence-corrected chi connectivity index (χ0v) is 8.31. The van der Waals surface area contributed by atoms with Gasteiger partial charge in [-0.2, -0.15) is 5.48 Å². The van der Waals surface area contributed by atoms with Crippen molar-refractivity contribution in [3.63, 3.8) is 0 Å². The van der Waals surface area contributed by atoms with E-state index in [0.29, 0.717) is 11.8 Å². The van der Waals surface area contributed by atoms with Crippen LogP contribution < -0.4 is 5.48 Å². The van der Waals surface area contributed by atoms with E-state index in [4.69, 9.17) is 5.21 Å². The number of hydrogen-bond acceptors (Lipinski definition) is 2. The number of hydrogen-bond donors (Lipinski definition) is 2. The molecule has 0 aliphatic rings. The van der Waals surface area contributed by atoms with E-state index >= 15 is 0 Å². The molecule has 0 aliphatic carbocycles. The summed E-state index contributed by atoms with van der Waals surface area (Å²) in [7, 11) is 0. The Morgan fingerprint density at radius 1 is 1.27 bits per heavy atom. The van der Waals surface area contributed by atoms with Crippen LogP contribution in [0.3, 0.4) is 0 Å². The van der Waals surface area contributed by atoms with Crippen LogP contribution in [0.2, 0.25) is 0 Å². The van der Waals surface area contributed by atoms with Crippen molar-refractivity contribution < 1.29 is 5.21 Å². The summed E-state index contributed by atoms with van der Waals surface area (Å²) in [6, 6.07) is 0. The van der Waals surface area contributed by atoms with Gasteiger partial charge in [-0.05, 0) is 25.2 Å². The zero-order chi connectivity index (χ0) is 9.07. The van der Waals surface area contributed by atoms with Gasteiger partial charge in [0.1, 0.15) is 0 Å². The summed E-state index contributed by atoms with van der Waals surface area (Å²) in [4.78, 5) is 0. The van der Waals surface area contributed by atoms with Crippen molar-refractivity contribution in [3.8, 4) is 0 Å². The summed E-state index contributed by atoms with van der Waals surface area (Å²) >= 11 is 0. The molecule has 0 heterocycles. The van der Waals surface area contributed by atoms with Gasteiger partial charge in [-0.15, -0.1) is 0 Å². The van der Waals surface area contributed by atoms with E-state index in [1.54, 1.807) is 0 Å². The van der Waals surface area contributed by atoms with Crippen LogP contribution in [0, 0.1) is 11.8 Å². The molecule has 2 N–H and O–H groups in total. The molecule has 2 nitrogen and oxygen atoms in total. The molecule has 0 aliphatic heterocycles. The van der Waals surface area contributed by atoms with Crippen LogP contribution in [-0.2, 0) is 0 Å². The molecule has 0 aromatic heterocycles. The molecule has 0 aromatic carbocycles. The first-order valence-electron chi connectivity index (χ1n) is 4.33. The molecule has 0 bridgehead atoms. The topological polar surface area (TPSA) is 32.3 Å². The molecular weight excluding hydrogens is 138 g/mol. The van der Waals surface area contributed by atoms with Crippen molar-refractivity contribution in [3.05, 3.63) is 0 Å². The summed E-state index contributed by atoms with van der Waals surface area (Å²) in [5, 5.41) is 8.95. The molecule has 0 rings (SSSR count). The third-order valence-electron chi connectivity index (χ3n) is 2.36. The first kappa shape index (κ1) is 10.9. The minimum absolute atomic E-state index is 0.131. The fourth-order valence-corrected chi connectivity index (χ4v) is 1.26. The van der Waals surface area contributed by atoms with Crippen LogP contribution in [0.5, 0.6) is 0 Å². The third-order valence-corrected chi connectivity index (χ3v) is 2.36. The highest BCUT2D eigenvalue weighted by molar-refractivity contribution is 4.83. The van der Waals surface area contributed by atoms with Crippen LogP contribution in [-0.4, -0.2) is 10.7 Å². The van der Waals surface area contributed by atoms with Gasteiger partial charge in [0, 0.05) is 5.54 Å². The average molecular weight is 159 g/mol. The van der Waals surface area contributed by atoms with E-state index in [9.17, 15) is 0 Å². The summed E-state index contributed by atoms with van der Waals surface area (Å²) in [6.45, 7) is 10.6. The van der Waals surface area contributed by atoms with Gasteiger partial charge >= 0.3 is 0 Å². The van der Waals surface area contributed by atoms with E-state index in [-0.39, 0.29) is 5.54 Å². The van der Waals surface area contributed by atoms with Crippen LogP contribution in [0.4, 0.5) is 0 Å². The molecule has 0 amide bonds. The lowest BCUT2D eigenvalue weighted by molar-refractivity contribution is 0.0300. The number of nitrogens with one attached hydrogen (secondary N) is 1. The van der Waals surface area contributed by atoms with E-state index in [0.717, 1.165) is 6.42 Å². The molecule has 1 unspecified atom stereocenters. The minimum atomic E-state index is -0.131. The maximum Gasteiger partial charge on any atom is 0.0427 e. The van der Waals surface area contributed by atoms with E-state index < -0.39 is 0 Å². The Morgan fingerprint density at radius 3 is 1.82 bits per heavy atom.